The van der Waals surface area contributed by atoms with Crippen LogP contribution >= 0.6 is 11.3 Å². The van der Waals surface area contributed by atoms with Crippen molar-refractivity contribution >= 4 is 27.0 Å². The first-order valence-corrected chi connectivity index (χ1v) is 7.82. The number of hydrogen-bond donors (Lipinski definition) is 3. The Morgan fingerprint density at radius 3 is 2.68 bits per heavy atom. The third-order valence-electron chi connectivity index (χ3n) is 2.54. The Labute approximate surface area is 115 Å². The van der Waals surface area contributed by atoms with Crippen LogP contribution in [0.1, 0.15) is 10.4 Å². The van der Waals surface area contributed by atoms with Crippen molar-refractivity contribution in [2.24, 2.45) is 0 Å². The van der Waals surface area contributed by atoms with E-state index in [2.05, 4.69) is 4.72 Å². The Morgan fingerprint density at radius 2 is 2.05 bits per heavy atom. The molecule has 0 saturated carbocycles. The fourth-order valence-corrected chi connectivity index (χ4v) is 3.88. The van der Waals surface area contributed by atoms with Gasteiger partial charge in [-0.15, -0.1) is 11.3 Å². The van der Waals surface area contributed by atoms with E-state index in [-0.39, 0.29) is 16.5 Å². The number of benzene rings is 1. The van der Waals surface area contributed by atoms with Crippen LogP contribution in [0.2, 0.25) is 0 Å². The number of sulfonamides is 1. The number of aryl methyl sites for hydroxylation is 1. The van der Waals surface area contributed by atoms with Crippen LogP contribution in [-0.2, 0) is 16.6 Å². The smallest absolute Gasteiger partial charge is 0.250 e. The molecule has 0 aliphatic heterocycles. The van der Waals surface area contributed by atoms with Crippen molar-refractivity contribution in [3.8, 4) is 5.75 Å². The van der Waals surface area contributed by atoms with Crippen LogP contribution in [0.5, 0.6) is 5.75 Å². The molecule has 0 amide bonds. The molecule has 1 heterocycles. The predicted octanol–water partition coefficient (Wildman–Crippen LogP) is 1.82. The average molecular weight is 298 g/mol. The zero-order valence-electron chi connectivity index (χ0n) is 10.3. The Bertz CT molecular complexity index is 693. The maximum atomic E-state index is 12.0. The minimum atomic E-state index is -3.55. The molecule has 0 aliphatic rings. The second kappa shape index (κ2) is 5.20. The van der Waals surface area contributed by atoms with E-state index in [9.17, 15) is 13.5 Å². The number of phenolic OH excluding ortho intramolecular Hbond substituents is 1. The Hall–Kier alpha value is -1.57. The van der Waals surface area contributed by atoms with E-state index in [4.69, 9.17) is 5.73 Å². The molecular formula is C12H14N2O3S2. The summed E-state index contributed by atoms with van der Waals surface area (Å²) in [6, 6.07) is 7.83. The van der Waals surface area contributed by atoms with Crippen molar-refractivity contribution < 1.29 is 13.5 Å². The molecule has 0 saturated heterocycles. The maximum absolute atomic E-state index is 12.0. The molecule has 0 atom stereocenters. The highest BCUT2D eigenvalue weighted by atomic mass is 32.2. The highest BCUT2D eigenvalue weighted by molar-refractivity contribution is 7.91. The molecule has 5 nitrogen and oxygen atoms in total. The van der Waals surface area contributed by atoms with Gasteiger partial charge in [-0.25, -0.2) is 13.1 Å². The van der Waals surface area contributed by atoms with Crippen LogP contribution < -0.4 is 10.5 Å². The van der Waals surface area contributed by atoms with Crippen LogP contribution in [0.25, 0.3) is 0 Å². The maximum Gasteiger partial charge on any atom is 0.250 e. The summed E-state index contributed by atoms with van der Waals surface area (Å²) in [5.41, 5.74) is 6.51. The third-order valence-corrected chi connectivity index (χ3v) is 5.43. The quantitative estimate of drug-likeness (QED) is 0.593. The summed E-state index contributed by atoms with van der Waals surface area (Å²) < 4.78 is 26.7. The van der Waals surface area contributed by atoms with Crippen LogP contribution in [0, 0.1) is 6.92 Å². The lowest BCUT2D eigenvalue weighted by Crippen LogP contribution is -2.22. The Balaban J connectivity index is 2.16. The minimum absolute atomic E-state index is 0.00382. The number of rotatable bonds is 4. The van der Waals surface area contributed by atoms with Gasteiger partial charge in [-0.2, -0.15) is 0 Å². The van der Waals surface area contributed by atoms with Gasteiger partial charge in [-0.1, -0.05) is 0 Å². The second-order valence-electron chi connectivity index (χ2n) is 4.08. The first-order chi connectivity index (χ1) is 8.88. The van der Waals surface area contributed by atoms with E-state index in [1.807, 2.05) is 6.92 Å². The van der Waals surface area contributed by atoms with Crippen LogP contribution in [0.3, 0.4) is 0 Å². The van der Waals surface area contributed by atoms with Gasteiger partial charge in [0, 0.05) is 22.7 Å². The molecule has 102 valence electrons. The number of aromatic hydroxyl groups is 1. The number of nitrogens with two attached hydrogens (primary N) is 1. The summed E-state index contributed by atoms with van der Waals surface area (Å²) in [6.07, 6.45) is 0. The molecule has 0 fully saturated rings. The van der Waals surface area contributed by atoms with E-state index in [0.717, 1.165) is 4.88 Å². The number of nitrogens with one attached hydrogen (secondary N) is 1. The lowest BCUT2D eigenvalue weighted by atomic mass is 10.2. The van der Waals surface area contributed by atoms with Crippen molar-refractivity contribution in [1.29, 1.82) is 0 Å². The van der Waals surface area contributed by atoms with E-state index >= 15 is 0 Å². The monoisotopic (exact) mass is 298 g/mol. The molecule has 0 aliphatic carbocycles. The van der Waals surface area contributed by atoms with Gasteiger partial charge >= 0.3 is 0 Å². The lowest BCUT2D eigenvalue weighted by Gasteiger charge is -2.07. The summed E-state index contributed by atoms with van der Waals surface area (Å²) in [6.45, 7) is 1.84. The highest BCUT2D eigenvalue weighted by Crippen LogP contribution is 2.23. The van der Waals surface area contributed by atoms with Gasteiger partial charge in [0.15, 0.2) is 0 Å². The summed E-state index contributed by atoms with van der Waals surface area (Å²) in [5.74, 6) is 0.0132. The summed E-state index contributed by atoms with van der Waals surface area (Å²) in [4.78, 5) is 0.923. The molecule has 0 bridgehead atoms. The van der Waals surface area contributed by atoms with Crippen LogP contribution in [-0.4, -0.2) is 13.5 Å². The third kappa shape index (κ3) is 3.25. The van der Waals surface area contributed by atoms with Gasteiger partial charge < -0.3 is 10.8 Å². The molecule has 0 spiro atoms. The zero-order valence-corrected chi connectivity index (χ0v) is 11.9. The first-order valence-electron chi connectivity index (χ1n) is 5.52. The molecule has 2 aromatic rings. The normalized spacial score (nSPS) is 11.6. The number of hydrogen-bond acceptors (Lipinski definition) is 5. The van der Waals surface area contributed by atoms with E-state index in [0.29, 0.717) is 11.3 Å². The summed E-state index contributed by atoms with van der Waals surface area (Å²) >= 11 is 1.20. The molecule has 0 unspecified atom stereocenters. The van der Waals surface area contributed by atoms with Gasteiger partial charge in [0.25, 0.3) is 0 Å². The van der Waals surface area contributed by atoms with Crippen molar-refractivity contribution in [2.75, 3.05) is 5.73 Å². The number of nitrogen functional groups attached to an aromatic ring is 1. The van der Waals surface area contributed by atoms with Gasteiger partial charge in [0.2, 0.25) is 10.0 Å². The van der Waals surface area contributed by atoms with E-state index in [1.165, 1.54) is 23.5 Å². The average Bonchev–Trinajstić information content (AvgIpc) is 2.78. The van der Waals surface area contributed by atoms with Gasteiger partial charge in [-0.3, -0.25) is 0 Å². The Morgan fingerprint density at radius 1 is 1.32 bits per heavy atom. The standard InChI is InChI=1S/C12H14N2O3S2/c1-8-2-5-12(18-8)19(16,17)14-7-9-6-10(13)3-4-11(9)15/h2-6,14-15H,7,13H2,1H3. The minimum Gasteiger partial charge on any atom is -0.508 e. The van der Waals surface area contributed by atoms with E-state index in [1.54, 1.807) is 18.2 Å². The van der Waals surface area contributed by atoms with Crippen LogP contribution in [0.4, 0.5) is 5.69 Å². The molecule has 19 heavy (non-hydrogen) atoms. The van der Waals surface area contributed by atoms with Crippen molar-refractivity contribution in [3.63, 3.8) is 0 Å². The van der Waals surface area contributed by atoms with Crippen molar-refractivity contribution in [1.82, 2.24) is 4.72 Å². The summed E-state index contributed by atoms with van der Waals surface area (Å²) in [5, 5.41) is 9.62. The lowest BCUT2D eigenvalue weighted by molar-refractivity contribution is 0.467. The first kappa shape index (κ1) is 13.9. The van der Waals surface area contributed by atoms with Crippen molar-refractivity contribution in [2.45, 2.75) is 17.7 Å². The molecule has 4 N–H and O–H groups in total. The molecule has 0 radical (unpaired) electrons. The largest absolute Gasteiger partial charge is 0.508 e. The van der Waals surface area contributed by atoms with Crippen molar-refractivity contribution in [3.05, 3.63) is 40.8 Å². The number of phenols is 1. The zero-order chi connectivity index (χ0) is 14.0. The number of thiophene rings is 1. The molecule has 7 heteroatoms. The highest BCUT2D eigenvalue weighted by Gasteiger charge is 2.16. The topological polar surface area (TPSA) is 92.4 Å². The molecular weight excluding hydrogens is 284 g/mol. The second-order valence-corrected chi connectivity index (χ2v) is 7.36. The molecule has 1 aromatic heterocycles. The Kier molecular flexibility index (Phi) is 3.79. The predicted molar refractivity (Wildman–Crippen MR) is 75.6 cm³/mol. The van der Waals surface area contributed by atoms with Gasteiger partial charge in [-0.05, 0) is 37.3 Å². The van der Waals surface area contributed by atoms with Crippen LogP contribution in [0.15, 0.2) is 34.5 Å². The SMILES string of the molecule is Cc1ccc(S(=O)(=O)NCc2cc(N)ccc2O)s1. The fraction of sp³-hybridized carbons (Fsp3) is 0.167. The molecule has 1 aromatic carbocycles. The van der Waals surface area contributed by atoms with Gasteiger partial charge in [0.1, 0.15) is 9.96 Å². The summed E-state index contributed by atoms with van der Waals surface area (Å²) in [7, 11) is -3.55. The van der Waals surface area contributed by atoms with Gasteiger partial charge in [0.05, 0.1) is 0 Å². The number of anilines is 1. The fourth-order valence-electron chi connectivity index (χ4n) is 1.55. The molecule has 2 rings (SSSR count). The van der Waals surface area contributed by atoms with E-state index < -0.39 is 10.0 Å².